The number of carboxylic acid groups (broad SMARTS) is 1. The fourth-order valence-corrected chi connectivity index (χ4v) is 3.82. The van der Waals surface area contributed by atoms with Crippen LogP contribution in [0.1, 0.15) is 23.0 Å². The molecule has 0 fully saturated rings. The van der Waals surface area contributed by atoms with Crippen molar-refractivity contribution in [3.63, 3.8) is 0 Å². The maximum Gasteiger partial charge on any atom is 0.348 e. The zero-order chi connectivity index (χ0) is 11.6. The van der Waals surface area contributed by atoms with Crippen molar-refractivity contribution in [1.29, 1.82) is 0 Å². The van der Waals surface area contributed by atoms with E-state index in [4.69, 9.17) is 10.8 Å². The molecule has 0 radical (unpaired) electrons. The van der Waals surface area contributed by atoms with Gasteiger partial charge in [-0.15, -0.1) is 11.3 Å². The number of hydrogen-bond acceptors (Lipinski definition) is 5. The summed E-state index contributed by atoms with van der Waals surface area (Å²) in [6.07, 6.45) is 0.472. The summed E-state index contributed by atoms with van der Waals surface area (Å²) in [5, 5.41) is 9.99. The molecule has 0 unspecified atom stereocenters. The summed E-state index contributed by atoms with van der Waals surface area (Å²) >= 11 is 0.833. The molecule has 0 aromatic carbocycles. The zero-order valence-electron chi connectivity index (χ0n) is 8.06. The summed E-state index contributed by atoms with van der Waals surface area (Å²) in [6, 6.07) is 0. The molecule has 0 aliphatic rings. The maximum atomic E-state index is 11.6. The highest BCUT2D eigenvalue weighted by Gasteiger charge is 2.23. The largest absolute Gasteiger partial charge is 0.477 e. The van der Waals surface area contributed by atoms with Gasteiger partial charge in [-0.1, -0.05) is 6.92 Å². The van der Waals surface area contributed by atoms with Crippen LogP contribution >= 0.6 is 11.3 Å². The first-order chi connectivity index (χ1) is 6.90. The number of carbonyl (C=O) groups is 1. The Kier molecular flexibility index (Phi) is 3.35. The number of nitrogen functional groups attached to an aromatic ring is 1. The smallest absolute Gasteiger partial charge is 0.348 e. The van der Waals surface area contributed by atoms with E-state index in [-0.39, 0.29) is 21.2 Å². The summed E-state index contributed by atoms with van der Waals surface area (Å²) < 4.78 is 23.2. The molecule has 3 N–H and O–H groups in total. The molecule has 0 amide bonds. The topological polar surface area (TPSA) is 97.5 Å². The first-order valence-corrected chi connectivity index (χ1v) is 6.76. The Morgan fingerprint density at radius 1 is 1.60 bits per heavy atom. The van der Waals surface area contributed by atoms with Gasteiger partial charge in [-0.3, -0.25) is 0 Å². The molecule has 5 nitrogen and oxygen atoms in total. The van der Waals surface area contributed by atoms with E-state index in [0.717, 1.165) is 11.3 Å². The molecule has 84 valence electrons. The van der Waals surface area contributed by atoms with Gasteiger partial charge < -0.3 is 10.8 Å². The van der Waals surface area contributed by atoms with Gasteiger partial charge in [0.15, 0.2) is 9.84 Å². The van der Waals surface area contributed by atoms with Gasteiger partial charge in [-0.25, -0.2) is 13.2 Å². The predicted molar refractivity (Wildman–Crippen MR) is 58.0 cm³/mol. The fraction of sp³-hybridized carbons (Fsp3) is 0.375. The number of thiophene rings is 1. The Morgan fingerprint density at radius 3 is 2.60 bits per heavy atom. The van der Waals surface area contributed by atoms with E-state index in [1.54, 1.807) is 6.92 Å². The van der Waals surface area contributed by atoms with E-state index in [9.17, 15) is 13.2 Å². The number of rotatable bonds is 4. The van der Waals surface area contributed by atoms with Crippen LogP contribution in [-0.4, -0.2) is 25.2 Å². The monoisotopic (exact) mass is 249 g/mol. The number of nitrogens with two attached hydrogens (primary N) is 1. The molecular weight excluding hydrogens is 238 g/mol. The normalized spacial score (nSPS) is 11.5. The molecule has 0 saturated heterocycles. The van der Waals surface area contributed by atoms with Crippen LogP contribution in [0.3, 0.4) is 0 Å². The van der Waals surface area contributed by atoms with Crippen LogP contribution < -0.4 is 5.73 Å². The first kappa shape index (κ1) is 12.0. The molecule has 0 saturated carbocycles. The van der Waals surface area contributed by atoms with Crippen molar-refractivity contribution in [2.24, 2.45) is 0 Å². The molecule has 0 aliphatic carbocycles. The minimum absolute atomic E-state index is 0.0208. The van der Waals surface area contributed by atoms with Gasteiger partial charge in [0, 0.05) is 5.38 Å². The van der Waals surface area contributed by atoms with Crippen molar-refractivity contribution in [3.05, 3.63) is 10.3 Å². The zero-order valence-corrected chi connectivity index (χ0v) is 9.69. The number of carboxylic acids is 1. The van der Waals surface area contributed by atoms with Crippen LogP contribution in [-0.2, 0) is 9.84 Å². The van der Waals surface area contributed by atoms with Crippen LogP contribution in [0, 0.1) is 0 Å². The molecular formula is C8H11NO4S2. The fourth-order valence-electron chi connectivity index (χ4n) is 1.14. The number of aromatic carboxylic acids is 1. The Bertz CT molecular complexity index is 475. The van der Waals surface area contributed by atoms with Crippen LogP contribution in [0.25, 0.3) is 0 Å². The summed E-state index contributed by atoms with van der Waals surface area (Å²) in [7, 11) is -3.43. The molecule has 1 heterocycles. The minimum Gasteiger partial charge on any atom is -0.477 e. The predicted octanol–water partition coefficient (Wildman–Crippen LogP) is 1.21. The second-order valence-corrected chi connectivity index (χ2v) is 5.92. The van der Waals surface area contributed by atoms with Gasteiger partial charge in [0.2, 0.25) is 0 Å². The van der Waals surface area contributed by atoms with Crippen LogP contribution in [0.4, 0.5) is 5.69 Å². The molecule has 0 aliphatic heterocycles. The van der Waals surface area contributed by atoms with Crippen molar-refractivity contribution >= 4 is 32.8 Å². The molecule has 1 aromatic heterocycles. The Balaban J connectivity index is 3.23. The average molecular weight is 249 g/mol. The van der Waals surface area contributed by atoms with E-state index in [2.05, 4.69) is 0 Å². The quantitative estimate of drug-likeness (QED) is 0.835. The van der Waals surface area contributed by atoms with E-state index >= 15 is 0 Å². The Morgan fingerprint density at radius 2 is 2.20 bits per heavy atom. The summed E-state index contributed by atoms with van der Waals surface area (Å²) in [6.45, 7) is 1.73. The number of anilines is 1. The van der Waals surface area contributed by atoms with Crippen molar-refractivity contribution in [1.82, 2.24) is 0 Å². The van der Waals surface area contributed by atoms with Gasteiger partial charge in [-0.05, 0) is 6.42 Å². The lowest BCUT2D eigenvalue weighted by molar-refractivity contribution is 0.0703. The lowest BCUT2D eigenvalue weighted by atomic mass is 10.4. The van der Waals surface area contributed by atoms with Gasteiger partial charge in [0.25, 0.3) is 0 Å². The standard InChI is InChI=1S/C8H11NO4S2/c1-2-3-15(12,13)5-4-14-7(6(5)9)8(10)11/h4H,2-3,9H2,1H3,(H,10,11). The van der Waals surface area contributed by atoms with E-state index in [1.165, 1.54) is 5.38 Å². The molecule has 1 rings (SSSR count). The Labute approximate surface area is 91.5 Å². The van der Waals surface area contributed by atoms with E-state index in [0.29, 0.717) is 6.42 Å². The molecule has 0 spiro atoms. The van der Waals surface area contributed by atoms with Crippen molar-refractivity contribution < 1.29 is 18.3 Å². The SMILES string of the molecule is CCCS(=O)(=O)c1csc(C(=O)O)c1N. The molecule has 0 bridgehead atoms. The highest BCUT2D eigenvalue weighted by molar-refractivity contribution is 7.91. The third-order valence-corrected chi connectivity index (χ3v) is 4.88. The van der Waals surface area contributed by atoms with Gasteiger partial charge in [0.05, 0.1) is 11.4 Å². The lowest BCUT2D eigenvalue weighted by Gasteiger charge is -2.01. The molecule has 7 heteroatoms. The number of hydrogen-bond donors (Lipinski definition) is 2. The Hall–Kier alpha value is -1.08. The summed E-state index contributed by atoms with van der Waals surface area (Å²) in [5.41, 5.74) is 5.32. The van der Waals surface area contributed by atoms with Crippen LogP contribution in [0.15, 0.2) is 10.3 Å². The summed E-state index contributed by atoms with van der Waals surface area (Å²) in [4.78, 5) is 10.5. The van der Waals surface area contributed by atoms with Gasteiger partial charge in [-0.2, -0.15) is 0 Å². The second kappa shape index (κ2) is 4.19. The van der Waals surface area contributed by atoms with Crippen molar-refractivity contribution in [2.45, 2.75) is 18.2 Å². The maximum absolute atomic E-state index is 11.6. The lowest BCUT2D eigenvalue weighted by Crippen LogP contribution is -2.08. The number of sulfone groups is 1. The van der Waals surface area contributed by atoms with E-state index < -0.39 is 15.8 Å². The van der Waals surface area contributed by atoms with Crippen LogP contribution in [0.5, 0.6) is 0 Å². The minimum atomic E-state index is -3.43. The van der Waals surface area contributed by atoms with E-state index in [1.807, 2.05) is 0 Å². The van der Waals surface area contributed by atoms with Gasteiger partial charge in [0.1, 0.15) is 9.77 Å². The molecule has 15 heavy (non-hydrogen) atoms. The van der Waals surface area contributed by atoms with Gasteiger partial charge >= 0.3 is 5.97 Å². The average Bonchev–Trinajstić information content (AvgIpc) is 2.47. The van der Waals surface area contributed by atoms with Crippen LogP contribution in [0.2, 0.25) is 0 Å². The third kappa shape index (κ3) is 2.29. The third-order valence-electron chi connectivity index (χ3n) is 1.80. The highest BCUT2D eigenvalue weighted by Crippen LogP contribution is 2.30. The summed E-state index contributed by atoms with van der Waals surface area (Å²) in [5.74, 6) is -1.22. The van der Waals surface area contributed by atoms with Crippen molar-refractivity contribution in [2.75, 3.05) is 11.5 Å². The first-order valence-electron chi connectivity index (χ1n) is 4.23. The molecule has 0 atom stereocenters. The highest BCUT2D eigenvalue weighted by atomic mass is 32.2. The van der Waals surface area contributed by atoms with Crippen molar-refractivity contribution in [3.8, 4) is 0 Å². The second-order valence-electron chi connectivity index (χ2n) is 2.97. The molecule has 1 aromatic rings.